The molecule has 0 aromatic heterocycles. The molecule has 0 fully saturated rings. The average molecular weight is 591 g/mol. The second-order valence-corrected chi connectivity index (χ2v) is 9.86. The lowest BCUT2D eigenvalue weighted by Crippen LogP contribution is -2.04. The Balaban J connectivity index is 1.18. The highest BCUT2D eigenvalue weighted by molar-refractivity contribution is 6.07. The van der Waals surface area contributed by atoms with E-state index in [-0.39, 0.29) is 11.6 Å². The predicted octanol–water partition coefficient (Wildman–Crippen LogP) is 8.51. The summed E-state index contributed by atoms with van der Waals surface area (Å²) in [6.07, 6.45) is 8.26. The Bertz CT molecular complexity index is 1430. The maximum Gasteiger partial charge on any atom is 0.185 e. The molecule has 4 aromatic rings. The summed E-state index contributed by atoms with van der Waals surface area (Å²) in [6, 6.07) is 29.6. The van der Waals surface area contributed by atoms with Crippen LogP contribution in [-0.2, 0) is 0 Å². The molecule has 4 rings (SSSR count). The van der Waals surface area contributed by atoms with Crippen molar-refractivity contribution in [1.29, 1.82) is 0 Å². The fourth-order valence-corrected chi connectivity index (χ4v) is 4.28. The minimum Gasteiger partial charge on any atom is -0.494 e. The van der Waals surface area contributed by atoms with E-state index in [4.69, 9.17) is 18.9 Å². The quantitative estimate of drug-likeness (QED) is 0.0697. The molecule has 4 aromatic carbocycles. The molecule has 44 heavy (non-hydrogen) atoms. The number of rotatable bonds is 17. The van der Waals surface area contributed by atoms with E-state index in [0.29, 0.717) is 49.1 Å². The van der Waals surface area contributed by atoms with Crippen LogP contribution in [-0.4, -0.2) is 38.0 Å². The molecule has 0 unspecified atom stereocenters. The zero-order valence-corrected chi connectivity index (χ0v) is 25.2. The molecule has 0 bridgehead atoms. The van der Waals surface area contributed by atoms with E-state index in [9.17, 15) is 9.59 Å². The van der Waals surface area contributed by atoms with E-state index < -0.39 is 0 Å². The summed E-state index contributed by atoms with van der Waals surface area (Å²) in [6.45, 7) is 6.11. The Morgan fingerprint density at radius 2 is 0.932 bits per heavy atom. The zero-order valence-electron chi connectivity index (χ0n) is 25.2. The Morgan fingerprint density at radius 3 is 1.32 bits per heavy atom. The number of carbonyl (C=O) groups is 2. The fraction of sp³-hybridized carbons (Fsp3) is 0.211. The summed E-state index contributed by atoms with van der Waals surface area (Å²) in [5.74, 6) is 2.72. The van der Waals surface area contributed by atoms with Gasteiger partial charge in [0.2, 0.25) is 0 Å². The number of allylic oxidation sites excluding steroid dienone is 2. The topological polar surface area (TPSA) is 71.1 Å². The molecular weight excluding hydrogens is 552 g/mol. The van der Waals surface area contributed by atoms with E-state index in [0.717, 1.165) is 35.5 Å². The minimum atomic E-state index is -0.0925. The first-order valence-corrected chi connectivity index (χ1v) is 14.9. The summed E-state index contributed by atoms with van der Waals surface area (Å²) in [5, 5.41) is 0. The van der Waals surface area contributed by atoms with Crippen molar-refractivity contribution in [3.63, 3.8) is 0 Å². The summed E-state index contributed by atoms with van der Waals surface area (Å²) in [5.41, 5.74) is 2.98. The minimum absolute atomic E-state index is 0.0925. The SMILES string of the molecule is CCOc1ccc(/C=C/C(=O)c2cccc(OCCCCOc3cccc(C(=O)/C=C/c4ccc(OCC)cc4)c3)c2)cc1. The van der Waals surface area contributed by atoms with Crippen LogP contribution >= 0.6 is 0 Å². The molecule has 0 heterocycles. The van der Waals surface area contributed by atoms with E-state index in [1.54, 1.807) is 48.6 Å². The molecule has 0 amide bonds. The van der Waals surface area contributed by atoms with Gasteiger partial charge in [0.05, 0.1) is 26.4 Å². The summed E-state index contributed by atoms with van der Waals surface area (Å²) < 4.78 is 22.7. The van der Waals surface area contributed by atoms with Gasteiger partial charge in [0.1, 0.15) is 23.0 Å². The van der Waals surface area contributed by atoms with Crippen LogP contribution in [0.4, 0.5) is 0 Å². The van der Waals surface area contributed by atoms with Crippen molar-refractivity contribution in [1.82, 2.24) is 0 Å². The van der Waals surface area contributed by atoms with Gasteiger partial charge in [-0.3, -0.25) is 9.59 Å². The van der Waals surface area contributed by atoms with Crippen molar-refractivity contribution in [2.45, 2.75) is 26.7 Å². The lowest BCUT2D eigenvalue weighted by molar-refractivity contribution is 0.103. The first-order chi connectivity index (χ1) is 21.5. The van der Waals surface area contributed by atoms with Gasteiger partial charge in [-0.1, -0.05) is 60.7 Å². The van der Waals surface area contributed by atoms with Crippen molar-refractivity contribution in [3.8, 4) is 23.0 Å². The van der Waals surface area contributed by atoms with Gasteiger partial charge in [0, 0.05) is 11.1 Å². The fourth-order valence-electron chi connectivity index (χ4n) is 4.28. The number of ketones is 2. The van der Waals surface area contributed by atoms with Crippen molar-refractivity contribution in [2.24, 2.45) is 0 Å². The average Bonchev–Trinajstić information content (AvgIpc) is 3.06. The third kappa shape index (κ3) is 10.3. The molecule has 0 radical (unpaired) electrons. The van der Waals surface area contributed by atoms with Crippen molar-refractivity contribution in [3.05, 3.63) is 131 Å². The molecule has 0 saturated heterocycles. The van der Waals surface area contributed by atoms with Gasteiger partial charge in [0.15, 0.2) is 11.6 Å². The maximum atomic E-state index is 12.7. The smallest absolute Gasteiger partial charge is 0.185 e. The molecule has 226 valence electrons. The first-order valence-electron chi connectivity index (χ1n) is 14.9. The van der Waals surface area contributed by atoms with Crippen LogP contribution in [0.5, 0.6) is 23.0 Å². The lowest BCUT2D eigenvalue weighted by atomic mass is 10.1. The van der Waals surface area contributed by atoms with Crippen molar-refractivity contribution in [2.75, 3.05) is 26.4 Å². The second-order valence-electron chi connectivity index (χ2n) is 9.86. The normalized spacial score (nSPS) is 11.0. The van der Waals surface area contributed by atoms with E-state index in [1.165, 1.54) is 0 Å². The number of hydrogen-bond acceptors (Lipinski definition) is 6. The Labute approximate surface area is 259 Å². The molecular formula is C38H38O6. The van der Waals surface area contributed by atoms with Crippen LogP contribution in [0, 0.1) is 0 Å². The monoisotopic (exact) mass is 590 g/mol. The predicted molar refractivity (Wildman–Crippen MR) is 175 cm³/mol. The van der Waals surface area contributed by atoms with Gasteiger partial charge in [-0.05, 0) is 98.5 Å². The van der Waals surface area contributed by atoms with Crippen LogP contribution in [0.25, 0.3) is 12.2 Å². The maximum absolute atomic E-state index is 12.7. The summed E-state index contributed by atoms with van der Waals surface area (Å²) in [7, 11) is 0. The van der Waals surface area contributed by atoms with Crippen LogP contribution in [0.15, 0.2) is 109 Å². The largest absolute Gasteiger partial charge is 0.494 e. The van der Waals surface area contributed by atoms with E-state index in [1.807, 2.05) is 86.6 Å². The van der Waals surface area contributed by atoms with Crippen LogP contribution < -0.4 is 18.9 Å². The number of hydrogen-bond donors (Lipinski definition) is 0. The molecule has 0 N–H and O–H groups in total. The van der Waals surface area contributed by atoms with Crippen molar-refractivity contribution >= 4 is 23.7 Å². The Kier molecular flexibility index (Phi) is 12.4. The zero-order chi connectivity index (χ0) is 31.0. The number of unbranched alkanes of at least 4 members (excludes halogenated alkanes) is 1. The molecule has 0 aliphatic carbocycles. The molecule has 6 heteroatoms. The highest BCUT2D eigenvalue weighted by Gasteiger charge is 2.06. The molecule has 0 aliphatic rings. The summed E-state index contributed by atoms with van der Waals surface area (Å²) >= 11 is 0. The molecule has 0 spiro atoms. The summed E-state index contributed by atoms with van der Waals surface area (Å²) in [4.78, 5) is 25.4. The highest BCUT2D eigenvalue weighted by Crippen LogP contribution is 2.19. The van der Waals surface area contributed by atoms with Gasteiger partial charge in [-0.15, -0.1) is 0 Å². The van der Waals surface area contributed by atoms with Gasteiger partial charge in [0.25, 0.3) is 0 Å². The van der Waals surface area contributed by atoms with Gasteiger partial charge in [-0.25, -0.2) is 0 Å². The number of ether oxygens (including phenoxy) is 4. The van der Waals surface area contributed by atoms with E-state index >= 15 is 0 Å². The van der Waals surface area contributed by atoms with E-state index in [2.05, 4.69) is 0 Å². The lowest BCUT2D eigenvalue weighted by Gasteiger charge is -2.09. The van der Waals surface area contributed by atoms with Gasteiger partial charge >= 0.3 is 0 Å². The van der Waals surface area contributed by atoms with Crippen LogP contribution in [0.1, 0.15) is 58.5 Å². The number of benzene rings is 4. The molecule has 6 nitrogen and oxygen atoms in total. The highest BCUT2D eigenvalue weighted by atomic mass is 16.5. The molecule has 0 atom stereocenters. The third-order valence-corrected chi connectivity index (χ3v) is 6.55. The second kappa shape index (κ2) is 17.1. The molecule has 0 aliphatic heterocycles. The van der Waals surface area contributed by atoms with Gasteiger partial charge < -0.3 is 18.9 Å². The Hall–Kier alpha value is -5.10. The number of carbonyl (C=O) groups excluding carboxylic acids is 2. The standard InChI is InChI=1S/C38H38O6/c1-3-41-33-19-13-29(14-20-33)17-23-37(39)31-9-7-11-35(27-31)43-25-5-6-26-44-36-12-8-10-32(28-36)38(40)24-18-30-15-21-34(22-16-30)42-4-2/h7-24,27-28H,3-6,25-26H2,1-2H3/b23-17+,24-18+. The van der Waals surface area contributed by atoms with Crippen LogP contribution in [0.3, 0.4) is 0 Å². The molecule has 0 saturated carbocycles. The third-order valence-electron chi connectivity index (χ3n) is 6.55. The first kappa shape index (κ1) is 31.8. The van der Waals surface area contributed by atoms with Crippen LogP contribution in [0.2, 0.25) is 0 Å². The van der Waals surface area contributed by atoms with Crippen molar-refractivity contribution < 1.29 is 28.5 Å². The van der Waals surface area contributed by atoms with Gasteiger partial charge in [-0.2, -0.15) is 0 Å². The Morgan fingerprint density at radius 1 is 0.523 bits per heavy atom.